The summed E-state index contributed by atoms with van der Waals surface area (Å²) in [5.74, 6) is -0.223. The van der Waals surface area contributed by atoms with E-state index in [0.717, 1.165) is 6.07 Å². The number of methoxy groups -OCH3 is 1. The fourth-order valence-corrected chi connectivity index (χ4v) is 3.61. The molecule has 2 aromatic carbocycles. The number of rotatable bonds is 4. The van der Waals surface area contributed by atoms with Gasteiger partial charge >= 0.3 is 6.18 Å². The molecule has 2 aromatic heterocycles. The van der Waals surface area contributed by atoms with Crippen LogP contribution in [0.25, 0.3) is 22.4 Å². The summed E-state index contributed by atoms with van der Waals surface area (Å²) in [5.41, 5.74) is -0.452. The Morgan fingerprint density at radius 3 is 2.73 bits per heavy atom. The number of anilines is 1. The molecule has 1 amide bonds. The van der Waals surface area contributed by atoms with Gasteiger partial charge in [0.15, 0.2) is 5.13 Å². The molecular weight excluding hydrogens is 441 g/mol. The number of amides is 1. The normalized spacial score (nSPS) is 11.6. The molecule has 0 atom stereocenters. The molecule has 2 heterocycles. The summed E-state index contributed by atoms with van der Waals surface area (Å²) in [7, 11) is 1.42. The van der Waals surface area contributed by atoms with E-state index in [4.69, 9.17) is 16.3 Å². The van der Waals surface area contributed by atoms with Gasteiger partial charge in [-0.05, 0) is 24.3 Å². The zero-order valence-electron chi connectivity index (χ0n) is 15.2. The van der Waals surface area contributed by atoms with Gasteiger partial charge in [-0.3, -0.25) is 10.1 Å². The first-order chi connectivity index (χ1) is 14.3. The molecule has 11 heteroatoms. The number of hydrogen-bond acceptors (Lipinski definition) is 5. The Balaban J connectivity index is 1.86. The number of alkyl halides is 3. The lowest BCUT2D eigenvalue weighted by molar-refractivity contribution is -0.137. The standard InChI is InChI=1S/C19H12ClF3N4O2S/c1-29-10-7-12(17(28)27-18-24-4-5-30-18)15-14(8-10)25-16(26-15)11-3-2-9(20)6-13(11)19(21,22)23/h2-8H,1H3,(H,25,26)(H,24,27,28). The van der Waals surface area contributed by atoms with Gasteiger partial charge in [-0.1, -0.05) is 11.6 Å². The molecule has 4 aromatic rings. The minimum absolute atomic E-state index is 0.0487. The predicted molar refractivity (Wildman–Crippen MR) is 108 cm³/mol. The average molecular weight is 453 g/mol. The van der Waals surface area contributed by atoms with Crippen molar-refractivity contribution in [1.82, 2.24) is 15.0 Å². The van der Waals surface area contributed by atoms with Crippen molar-refractivity contribution in [3.8, 4) is 17.1 Å². The molecule has 0 fully saturated rings. The number of nitrogens with one attached hydrogen (secondary N) is 2. The number of aromatic nitrogens is 3. The molecule has 0 radical (unpaired) electrons. The summed E-state index contributed by atoms with van der Waals surface area (Å²) in [4.78, 5) is 23.9. The molecule has 0 saturated carbocycles. The topological polar surface area (TPSA) is 79.9 Å². The number of halogens is 4. The highest BCUT2D eigenvalue weighted by Gasteiger charge is 2.35. The van der Waals surface area contributed by atoms with E-state index in [1.54, 1.807) is 11.4 Å². The molecule has 0 aliphatic heterocycles. The van der Waals surface area contributed by atoms with Crippen LogP contribution < -0.4 is 10.1 Å². The number of aromatic amines is 1. The van der Waals surface area contributed by atoms with Gasteiger partial charge in [0.2, 0.25) is 0 Å². The third kappa shape index (κ3) is 3.83. The van der Waals surface area contributed by atoms with Gasteiger partial charge in [0.1, 0.15) is 17.1 Å². The van der Waals surface area contributed by atoms with Gasteiger partial charge in [-0.15, -0.1) is 11.3 Å². The number of nitrogens with zero attached hydrogens (tertiary/aromatic N) is 2. The zero-order chi connectivity index (χ0) is 21.5. The third-order valence-electron chi connectivity index (χ3n) is 4.24. The van der Waals surface area contributed by atoms with E-state index in [9.17, 15) is 18.0 Å². The van der Waals surface area contributed by atoms with Crippen LogP contribution in [0.2, 0.25) is 5.02 Å². The van der Waals surface area contributed by atoms with Crippen LogP contribution in [0, 0.1) is 0 Å². The highest BCUT2D eigenvalue weighted by atomic mass is 35.5. The van der Waals surface area contributed by atoms with Gasteiger partial charge < -0.3 is 9.72 Å². The van der Waals surface area contributed by atoms with E-state index in [2.05, 4.69) is 20.3 Å². The first-order valence-corrected chi connectivity index (χ1v) is 9.67. The van der Waals surface area contributed by atoms with Crippen molar-refractivity contribution in [2.45, 2.75) is 6.18 Å². The van der Waals surface area contributed by atoms with Crippen LogP contribution in [-0.4, -0.2) is 28.0 Å². The summed E-state index contributed by atoms with van der Waals surface area (Å²) in [6, 6.07) is 6.42. The van der Waals surface area contributed by atoms with Crippen LogP contribution in [0.1, 0.15) is 15.9 Å². The van der Waals surface area contributed by atoms with E-state index in [-0.39, 0.29) is 27.5 Å². The molecule has 2 N–H and O–H groups in total. The lowest BCUT2D eigenvalue weighted by atomic mass is 10.1. The van der Waals surface area contributed by atoms with E-state index in [1.807, 2.05) is 0 Å². The third-order valence-corrected chi connectivity index (χ3v) is 5.16. The van der Waals surface area contributed by atoms with Gasteiger partial charge in [-0.2, -0.15) is 13.2 Å². The number of carbonyl (C=O) groups excluding carboxylic acids is 1. The Labute approximate surface area is 176 Å². The van der Waals surface area contributed by atoms with Gasteiger partial charge in [0.25, 0.3) is 5.91 Å². The number of carbonyl (C=O) groups is 1. The van der Waals surface area contributed by atoms with Crippen LogP contribution >= 0.6 is 22.9 Å². The van der Waals surface area contributed by atoms with Gasteiger partial charge in [0, 0.05) is 28.2 Å². The maximum absolute atomic E-state index is 13.5. The maximum atomic E-state index is 13.5. The SMILES string of the molecule is COc1cc(C(=O)Nc2nccs2)c2nc(-c3ccc(Cl)cc3C(F)(F)F)[nH]c2c1. The van der Waals surface area contributed by atoms with Crippen LogP contribution in [-0.2, 0) is 6.18 Å². The minimum atomic E-state index is -4.64. The first-order valence-electron chi connectivity index (χ1n) is 8.42. The second-order valence-corrected chi connectivity index (χ2v) is 7.47. The highest BCUT2D eigenvalue weighted by Crippen LogP contribution is 2.38. The molecule has 0 bridgehead atoms. The van der Waals surface area contributed by atoms with Crippen molar-refractivity contribution in [1.29, 1.82) is 0 Å². The van der Waals surface area contributed by atoms with E-state index in [1.165, 1.54) is 42.8 Å². The summed E-state index contributed by atoms with van der Waals surface area (Å²) in [6.07, 6.45) is -3.10. The Morgan fingerprint density at radius 2 is 2.07 bits per heavy atom. The second-order valence-electron chi connectivity index (χ2n) is 6.14. The average Bonchev–Trinajstić information content (AvgIpc) is 3.35. The monoisotopic (exact) mass is 452 g/mol. The Morgan fingerprint density at radius 1 is 1.27 bits per heavy atom. The van der Waals surface area contributed by atoms with E-state index >= 15 is 0 Å². The van der Waals surface area contributed by atoms with Crippen molar-refractivity contribution in [3.63, 3.8) is 0 Å². The lowest BCUT2D eigenvalue weighted by Crippen LogP contribution is -2.12. The smallest absolute Gasteiger partial charge is 0.417 e. The second kappa shape index (κ2) is 7.62. The first kappa shape index (κ1) is 20.2. The summed E-state index contributed by atoms with van der Waals surface area (Å²) < 4.78 is 45.8. The van der Waals surface area contributed by atoms with Crippen molar-refractivity contribution in [3.05, 3.63) is 58.1 Å². The van der Waals surface area contributed by atoms with Gasteiger partial charge in [0.05, 0.1) is 23.8 Å². The number of H-pyrrole nitrogens is 1. The number of hydrogen-bond donors (Lipinski definition) is 2. The van der Waals surface area contributed by atoms with Crippen LogP contribution in [0.3, 0.4) is 0 Å². The summed E-state index contributed by atoms with van der Waals surface area (Å²) >= 11 is 6.99. The minimum Gasteiger partial charge on any atom is -0.497 e. The summed E-state index contributed by atoms with van der Waals surface area (Å²) in [5, 5.41) is 4.66. The molecule has 30 heavy (non-hydrogen) atoms. The Bertz CT molecular complexity index is 1240. The summed E-state index contributed by atoms with van der Waals surface area (Å²) in [6.45, 7) is 0. The van der Waals surface area contributed by atoms with Crippen molar-refractivity contribution in [2.75, 3.05) is 12.4 Å². The predicted octanol–water partition coefficient (Wildman–Crippen LogP) is 5.62. The number of imidazole rings is 1. The number of thiazole rings is 1. The Kier molecular flexibility index (Phi) is 5.12. The number of ether oxygens (including phenoxy) is 1. The fraction of sp³-hybridized carbons (Fsp3) is 0.105. The van der Waals surface area contributed by atoms with E-state index < -0.39 is 17.6 Å². The highest BCUT2D eigenvalue weighted by molar-refractivity contribution is 7.13. The van der Waals surface area contributed by atoms with E-state index in [0.29, 0.717) is 16.4 Å². The van der Waals surface area contributed by atoms with Crippen LogP contribution in [0.5, 0.6) is 5.75 Å². The largest absolute Gasteiger partial charge is 0.497 e. The van der Waals surface area contributed by atoms with Crippen molar-refractivity contribution >= 4 is 45.0 Å². The molecule has 0 aliphatic rings. The molecule has 154 valence electrons. The lowest BCUT2D eigenvalue weighted by Gasteiger charge is -2.11. The molecular formula is C19H12ClF3N4O2S. The molecule has 0 aliphatic carbocycles. The molecule has 4 rings (SSSR count). The molecule has 0 unspecified atom stereocenters. The zero-order valence-corrected chi connectivity index (χ0v) is 16.7. The van der Waals surface area contributed by atoms with Crippen molar-refractivity contribution in [2.24, 2.45) is 0 Å². The number of benzene rings is 2. The van der Waals surface area contributed by atoms with Crippen LogP contribution in [0.15, 0.2) is 41.9 Å². The molecule has 0 saturated heterocycles. The molecule has 0 spiro atoms. The quantitative estimate of drug-likeness (QED) is 0.421. The number of fused-ring (bicyclic) bond motifs is 1. The van der Waals surface area contributed by atoms with Crippen LogP contribution in [0.4, 0.5) is 18.3 Å². The molecule has 6 nitrogen and oxygen atoms in total. The maximum Gasteiger partial charge on any atom is 0.417 e. The van der Waals surface area contributed by atoms with Crippen molar-refractivity contribution < 1.29 is 22.7 Å². The Hall–Kier alpha value is -3.11. The van der Waals surface area contributed by atoms with Gasteiger partial charge in [-0.25, -0.2) is 9.97 Å². The fourth-order valence-electron chi connectivity index (χ4n) is 2.92.